The lowest BCUT2D eigenvalue weighted by molar-refractivity contribution is 0.0981. The first-order chi connectivity index (χ1) is 10.9. The molecule has 0 aromatic heterocycles. The van der Waals surface area contributed by atoms with E-state index in [-0.39, 0.29) is 23.6 Å². The molecule has 3 rings (SSSR count). The van der Waals surface area contributed by atoms with Gasteiger partial charge in [-0.15, -0.1) is 0 Å². The van der Waals surface area contributed by atoms with Crippen molar-refractivity contribution < 1.29 is 17.9 Å². The van der Waals surface area contributed by atoms with Gasteiger partial charge in [0.2, 0.25) is 0 Å². The van der Waals surface area contributed by atoms with Crippen molar-refractivity contribution >= 4 is 21.5 Å². The number of nitrogens with zero attached hydrogens (tertiary/aromatic N) is 1. The molecule has 120 valence electrons. The number of sulfonamides is 1. The van der Waals surface area contributed by atoms with Gasteiger partial charge in [-0.1, -0.05) is 17.7 Å². The molecule has 0 bridgehead atoms. The van der Waals surface area contributed by atoms with Crippen molar-refractivity contribution in [1.29, 1.82) is 0 Å². The molecule has 0 aliphatic carbocycles. The molecule has 5 nitrogen and oxygen atoms in total. The highest BCUT2D eigenvalue weighted by molar-refractivity contribution is 7.92. The fraction of sp³-hybridized carbons (Fsp3) is 0.235. The Morgan fingerprint density at radius 1 is 1.09 bits per heavy atom. The van der Waals surface area contributed by atoms with Gasteiger partial charge < -0.3 is 4.74 Å². The van der Waals surface area contributed by atoms with Gasteiger partial charge in [-0.3, -0.25) is 9.10 Å². The molecule has 2 aromatic carbocycles. The first-order valence-corrected chi connectivity index (χ1v) is 8.68. The number of ether oxygens (including phenoxy) is 1. The van der Waals surface area contributed by atoms with Gasteiger partial charge >= 0.3 is 0 Å². The van der Waals surface area contributed by atoms with Gasteiger partial charge in [-0.05, 0) is 37.3 Å². The van der Waals surface area contributed by atoms with Crippen molar-refractivity contribution in [2.75, 3.05) is 18.0 Å². The Hall–Kier alpha value is -2.34. The Balaban J connectivity index is 2.10. The number of carbonyl (C=O) groups excluding carboxylic acids is 1. The summed E-state index contributed by atoms with van der Waals surface area (Å²) in [5, 5.41) is 0. The smallest absolute Gasteiger partial charge is 0.264 e. The van der Waals surface area contributed by atoms with Gasteiger partial charge in [0.05, 0.1) is 17.7 Å². The van der Waals surface area contributed by atoms with E-state index in [1.165, 1.54) is 11.4 Å². The first-order valence-electron chi connectivity index (χ1n) is 7.24. The van der Waals surface area contributed by atoms with Gasteiger partial charge in [-0.25, -0.2) is 8.42 Å². The van der Waals surface area contributed by atoms with Crippen LogP contribution in [0.3, 0.4) is 0 Å². The molecule has 0 atom stereocenters. The van der Waals surface area contributed by atoms with Crippen LogP contribution in [0.5, 0.6) is 5.75 Å². The van der Waals surface area contributed by atoms with Crippen molar-refractivity contribution in [1.82, 2.24) is 0 Å². The van der Waals surface area contributed by atoms with Crippen LogP contribution in [-0.2, 0) is 10.0 Å². The van der Waals surface area contributed by atoms with E-state index in [4.69, 9.17) is 4.74 Å². The summed E-state index contributed by atoms with van der Waals surface area (Å²) in [6, 6.07) is 11.6. The molecule has 0 amide bonds. The second-order valence-electron chi connectivity index (χ2n) is 5.45. The maximum atomic E-state index is 12.9. The fourth-order valence-electron chi connectivity index (χ4n) is 2.63. The molecule has 0 spiro atoms. The van der Waals surface area contributed by atoms with Crippen LogP contribution in [0.15, 0.2) is 47.4 Å². The van der Waals surface area contributed by atoms with Crippen LogP contribution in [0.4, 0.5) is 5.69 Å². The summed E-state index contributed by atoms with van der Waals surface area (Å²) in [5.41, 5.74) is 1.77. The highest BCUT2D eigenvalue weighted by atomic mass is 32.2. The van der Waals surface area contributed by atoms with Crippen molar-refractivity contribution in [2.45, 2.75) is 18.2 Å². The number of hydrogen-bond donors (Lipinski definition) is 0. The highest BCUT2D eigenvalue weighted by Crippen LogP contribution is 2.34. The molecule has 0 N–H and O–H groups in total. The molecule has 23 heavy (non-hydrogen) atoms. The summed E-state index contributed by atoms with van der Waals surface area (Å²) in [7, 11) is -2.19. The molecule has 0 radical (unpaired) electrons. The topological polar surface area (TPSA) is 63.7 Å². The Labute approximate surface area is 135 Å². The molecular formula is C17H17NO4S. The third-order valence-electron chi connectivity index (χ3n) is 3.92. The molecular weight excluding hydrogens is 314 g/mol. The number of benzene rings is 2. The Morgan fingerprint density at radius 2 is 1.78 bits per heavy atom. The molecule has 1 aliphatic rings. The van der Waals surface area contributed by atoms with Crippen molar-refractivity contribution in [2.24, 2.45) is 0 Å². The molecule has 2 aromatic rings. The molecule has 1 aliphatic heterocycles. The number of hydrogen-bond acceptors (Lipinski definition) is 4. The van der Waals surface area contributed by atoms with Gasteiger partial charge in [0.1, 0.15) is 5.75 Å². The minimum absolute atomic E-state index is 0.0748. The quantitative estimate of drug-likeness (QED) is 0.867. The number of methoxy groups -OCH3 is 1. The van der Waals surface area contributed by atoms with Crippen LogP contribution in [0.25, 0.3) is 0 Å². The van der Waals surface area contributed by atoms with E-state index < -0.39 is 10.0 Å². The number of ketones is 1. The normalized spacial score (nSPS) is 14.5. The third kappa shape index (κ3) is 2.70. The Morgan fingerprint density at radius 3 is 2.43 bits per heavy atom. The molecule has 0 unspecified atom stereocenters. The van der Waals surface area contributed by atoms with E-state index in [9.17, 15) is 13.2 Å². The van der Waals surface area contributed by atoms with E-state index in [1.54, 1.807) is 42.5 Å². The monoisotopic (exact) mass is 331 g/mol. The predicted octanol–water partition coefficient (Wildman–Crippen LogP) is 2.79. The molecule has 0 saturated carbocycles. The number of fused-ring (bicyclic) bond motifs is 1. The van der Waals surface area contributed by atoms with Crippen molar-refractivity contribution in [3.8, 4) is 5.75 Å². The average Bonchev–Trinajstić information content (AvgIpc) is 2.55. The molecule has 1 heterocycles. The van der Waals surface area contributed by atoms with Crippen LogP contribution in [0, 0.1) is 6.92 Å². The van der Waals surface area contributed by atoms with Crippen molar-refractivity contribution in [3.63, 3.8) is 0 Å². The van der Waals surface area contributed by atoms with E-state index >= 15 is 0 Å². The lowest BCUT2D eigenvalue weighted by Gasteiger charge is -2.30. The summed E-state index contributed by atoms with van der Waals surface area (Å²) < 4.78 is 32.2. The molecule has 0 fully saturated rings. The van der Waals surface area contributed by atoms with E-state index in [2.05, 4.69) is 0 Å². The minimum atomic E-state index is -3.69. The molecule has 0 saturated heterocycles. The largest absolute Gasteiger partial charge is 0.497 e. The van der Waals surface area contributed by atoms with Crippen molar-refractivity contribution in [3.05, 3.63) is 53.6 Å². The minimum Gasteiger partial charge on any atom is -0.497 e. The number of carbonyl (C=O) groups is 1. The Kier molecular flexibility index (Phi) is 3.85. The first kappa shape index (κ1) is 15.6. The van der Waals surface area contributed by atoms with Crippen LogP contribution in [-0.4, -0.2) is 27.9 Å². The number of rotatable bonds is 3. The molecule has 6 heteroatoms. The summed E-state index contributed by atoms with van der Waals surface area (Å²) in [6.45, 7) is 2.05. The zero-order valence-electron chi connectivity index (χ0n) is 12.9. The zero-order valence-corrected chi connectivity index (χ0v) is 13.8. The second kappa shape index (κ2) is 5.70. The lowest BCUT2D eigenvalue weighted by Crippen LogP contribution is -2.37. The SMILES string of the molecule is COc1ccc2c(c1)C(=O)CCN2S(=O)(=O)c1ccc(C)cc1. The average molecular weight is 331 g/mol. The van der Waals surface area contributed by atoms with E-state index in [0.29, 0.717) is 17.0 Å². The summed E-state index contributed by atoms with van der Waals surface area (Å²) in [4.78, 5) is 12.4. The fourth-order valence-corrected chi connectivity index (χ4v) is 4.11. The third-order valence-corrected chi connectivity index (χ3v) is 5.75. The second-order valence-corrected chi connectivity index (χ2v) is 7.31. The summed E-state index contributed by atoms with van der Waals surface area (Å²) in [5.74, 6) is 0.459. The van der Waals surface area contributed by atoms with E-state index in [1.807, 2.05) is 6.92 Å². The van der Waals surface area contributed by atoms with Crippen LogP contribution < -0.4 is 9.04 Å². The van der Waals surface area contributed by atoms with Gasteiger partial charge in [-0.2, -0.15) is 0 Å². The predicted molar refractivity (Wildman–Crippen MR) is 87.7 cm³/mol. The number of anilines is 1. The summed E-state index contributed by atoms with van der Waals surface area (Å²) >= 11 is 0. The van der Waals surface area contributed by atoms with Crippen LogP contribution >= 0.6 is 0 Å². The number of aryl methyl sites for hydroxylation is 1. The maximum Gasteiger partial charge on any atom is 0.264 e. The number of Topliss-reactive ketones (excluding diaryl/α,β-unsaturated/α-hetero) is 1. The summed E-state index contributed by atoms with van der Waals surface area (Å²) in [6.07, 6.45) is 0.158. The van der Waals surface area contributed by atoms with Gasteiger partial charge in [0.25, 0.3) is 10.0 Å². The zero-order chi connectivity index (χ0) is 16.6. The van der Waals surface area contributed by atoms with Gasteiger partial charge in [0.15, 0.2) is 5.78 Å². The standard InChI is InChI=1S/C17H17NO4S/c1-12-3-6-14(7-4-12)23(20,21)18-10-9-17(19)15-11-13(22-2)5-8-16(15)18/h3-8,11H,9-10H2,1-2H3. The maximum absolute atomic E-state index is 12.9. The highest BCUT2D eigenvalue weighted by Gasteiger charge is 2.32. The van der Waals surface area contributed by atoms with Crippen LogP contribution in [0.1, 0.15) is 22.3 Å². The van der Waals surface area contributed by atoms with E-state index in [0.717, 1.165) is 5.56 Å². The Bertz CT molecular complexity index is 857. The van der Waals surface area contributed by atoms with Gasteiger partial charge in [0, 0.05) is 18.5 Å². The lowest BCUT2D eigenvalue weighted by atomic mass is 10.0. The van der Waals surface area contributed by atoms with Crippen LogP contribution in [0.2, 0.25) is 0 Å².